The number of hydrogen-bond acceptors (Lipinski definition) is 2. The maximum atomic E-state index is 12.9. The summed E-state index contributed by atoms with van der Waals surface area (Å²) in [4.78, 5) is 0. The van der Waals surface area contributed by atoms with Gasteiger partial charge < -0.3 is 10.5 Å². The van der Waals surface area contributed by atoms with Crippen LogP contribution in [-0.2, 0) is 0 Å². The van der Waals surface area contributed by atoms with Crippen LogP contribution in [-0.4, -0.2) is 13.2 Å². The lowest BCUT2D eigenvalue weighted by atomic mass is 9.94. The van der Waals surface area contributed by atoms with Gasteiger partial charge in [-0.1, -0.05) is 29.8 Å². The second-order valence-electron chi connectivity index (χ2n) is 5.64. The molecule has 0 radical (unpaired) electrons. The molecule has 0 heterocycles. The van der Waals surface area contributed by atoms with Crippen molar-refractivity contribution in [3.05, 3.63) is 65.5 Å². The smallest absolute Gasteiger partial charge is 0.123 e. The molecule has 0 aromatic heterocycles. The van der Waals surface area contributed by atoms with E-state index >= 15 is 0 Å². The average Bonchev–Trinajstić information content (AvgIpc) is 2.54. The summed E-state index contributed by atoms with van der Waals surface area (Å²) in [5, 5.41) is 0. The molecule has 22 heavy (non-hydrogen) atoms. The third-order valence-electron chi connectivity index (χ3n) is 3.86. The van der Waals surface area contributed by atoms with E-state index < -0.39 is 0 Å². The van der Waals surface area contributed by atoms with Crippen molar-refractivity contribution < 1.29 is 9.13 Å². The van der Waals surface area contributed by atoms with Crippen molar-refractivity contribution in [2.75, 3.05) is 13.2 Å². The average molecular weight is 301 g/mol. The number of unbranched alkanes of at least 4 members (excludes halogenated alkanes) is 1. The lowest BCUT2D eigenvalue weighted by molar-refractivity contribution is 0.303. The molecule has 0 spiro atoms. The minimum absolute atomic E-state index is 0.203. The van der Waals surface area contributed by atoms with Crippen LogP contribution in [0.2, 0.25) is 0 Å². The maximum Gasteiger partial charge on any atom is 0.123 e. The zero-order valence-electron chi connectivity index (χ0n) is 13.1. The first kappa shape index (κ1) is 16.5. The van der Waals surface area contributed by atoms with E-state index in [0.717, 1.165) is 30.6 Å². The Morgan fingerprint density at radius 2 is 1.68 bits per heavy atom. The molecule has 0 aliphatic heterocycles. The van der Waals surface area contributed by atoms with Gasteiger partial charge in [-0.2, -0.15) is 0 Å². The number of ether oxygens (including phenoxy) is 1. The van der Waals surface area contributed by atoms with Crippen LogP contribution in [0.3, 0.4) is 0 Å². The number of halogens is 1. The molecular formula is C19H24FNO. The predicted molar refractivity (Wildman–Crippen MR) is 88.7 cm³/mol. The van der Waals surface area contributed by atoms with Crippen LogP contribution in [0.4, 0.5) is 4.39 Å². The molecule has 2 nitrogen and oxygen atoms in total. The molecule has 0 amide bonds. The number of benzene rings is 2. The van der Waals surface area contributed by atoms with Gasteiger partial charge in [0.05, 0.1) is 6.61 Å². The molecule has 0 aliphatic rings. The van der Waals surface area contributed by atoms with Crippen molar-refractivity contribution in [1.29, 1.82) is 0 Å². The summed E-state index contributed by atoms with van der Waals surface area (Å²) >= 11 is 0. The Hall–Kier alpha value is -1.87. The van der Waals surface area contributed by atoms with Gasteiger partial charge in [-0.3, -0.25) is 0 Å². The second-order valence-corrected chi connectivity index (χ2v) is 5.64. The Morgan fingerprint density at radius 3 is 2.32 bits per heavy atom. The summed E-state index contributed by atoms with van der Waals surface area (Å²) in [5.74, 6) is 1.01. The van der Waals surface area contributed by atoms with E-state index in [4.69, 9.17) is 10.5 Å². The molecule has 3 heteroatoms. The monoisotopic (exact) mass is 301 g/mol. The first-order chi connectivity index (χ1) is 10.7. The highest BCUT2D eigenvalue weighted by atomic mass is 19.1. The van der Waals surface area contributed by atoms with Gasteiger partial charge in [0.15, 0.2) is 0 Å². The summed E-state index contributed by atoms with van der Waals surface area (Å²) in [6.07, 6.45) is 3.04. The predicted octanol–water partition coefficient (Wildman–Crippen LogP) is 4.43. The van der Waals surface area contributed by atoms with Gasteiger partial charge in [0.25, 0.3) is 0 Å². The van der Waals surface area contributed by atoms with Gasteiger partial charge in [-0.05, 0) is 68.5 Å². The number of nitrogens with two attached hydrogens (primary N) is 1. The van der Waals surface area contributed by atoms with Crippen molar-refractivity contribution >= 4 is 0 Å². The highest BCUT2D eigenvalue weighted by molar-refractivity contribution is 5.26. The van der Waals surface area contributed by atoms with Crippen molar-refractivity contribution in [1.82, 2.24) is 0 Å². The summed E-state index contributed by atoms with van der Waals surface area (Å²) < 4.78 is 18.7. The molecule has 1 unspecified atom stereocenters. The van der Waals surface area contributed by atoms with Crippen LogP contribution in [0.25, 0.3) is 0 Å². The molecule has 0 bridgehead atoms. The van der Waals surface area contributed by atoms with E-state index in [0.29, 0.717) is 19.1 Å². The molecule has 0 fully saturated rings. The van der Waals surface area contributed by atoms with Gasteiger partial charge in [-0.25, -0.2) is 4.39 Å². The molecule has 2 aromatic rings. The van der Waals surface area contributed by atoms with E-state index in [1.807, 2.05) is 36.4 Å². The highest BCUT2D eigenvalue weighted by Gasteiger charge is 2.09. The zero-order valence-corrected chi connectivity index (χ0v) is 13.1. The summed E-state index contributed by atoms with van der Waals surface area (Å²) in [6.45, 7) is 3.36. The molecule has 2 aromatic carbocycles. The highest BCUT2D eigenvalue weighted by Crippen LogP contribution is 2.21. The Balaban J connectivity index is 1.70. The molecule has 0 saturated carbocycles. The van der Waals surface area contributed by atoms with Crippen LogP contribution in [0, 0.1) is 12.7 Å². The molecule has 1 atom stereocenters. The lowest BCUT2D eigenvalue weighted by Crippen LogP contribution is -2.13. The number of rotatable bonds is 8. The van der Waals surface area contributed by atoms with Crippen molar-refractivity contribution in [2.45, 2.75) is 32.1 Å². The van der Waals surface area contributed by atoms with Crippen LogP contribution < -0.4 is 10.5 Å². The topological polar surface area (TPSA) is 35.2 Å². The summed E-state index contributed by atoms with van der Waals surface area (Å²) in [5.41, 5.74) is 8.19. The second kappa shape index (κ2) is 8.54. The van der Waals surface area contributed by atoms with Crippen molar-refractivity contribution in [2.24, 2.45) is 5.73 Å². The Labute approximate surface area is 132 Å². The zero-order chi connectivity index (χ0) is 15.8. The molecular weight excluding hydrogens is 277 g/mol. The van der Waals surface area contributed by atoms with E-state index in [1.165, 1.54) is 17.7 Å². The Bertz CT molecular complexity index is 551. The largest absolute Gasteiger partial charge is 0.494 e. The normalized spacial score (nSPS) is 12.1. The molecule has 0 aliphatic carbocycles. The number of aryl methyl sites for hydroxylation is 1. The van der Waals surface area contributed by atoms with Crippen molar-refractivity contribution in [3.8, 4) is 5.75 Å². The fourth-order valence-electron chi connectivity index (χ4n) is 2.47. The third kappa shape index (κ3) is 5.15. The van der Waals surface area contributed by atoms with Gasteiger partial charge in [0.1, 0.15) is 11.6 Å². The maximum absolute atomic E-state index is 12.9. The molecule has 118 valence electrons. The van der Waals surface area contributed by atoms with E-state index in [-0.39, 0.29) is 5.82 Å². The Morgan fingerprint density at radius 1 is 1.00 bits per heavy atom. The van der Waals surface area contributed by atoms with Gasteiger partial charge in [0.2, 0.25) is 0 Å². The van der Waals surface area contributed by atoms with Crippen LogP contribution >= 0.6 is 0 Å². The van der Waals surface area contributed by atoms with E-state index in [2.05, 4.69) is 6.92 Å². The van der Waals surface area contributed by atoms with E-state index in [1.54, 1.807) is 0 Å². The van der Waals surface area contributed by atoms with E-state index in [9.17, 15) is 4.39 Å². The molecule has 2 N–H and O–H groups in total. The quantitative estimate of drug-likeness (QED) is 0.732. The van der Waals surface area contributed by atoms with Crippen LogP contribution in [0.15, 0.2) is 48.5 Å². The standard InChI is InChI=1S/C19H24FNO/c1-15-5-11-19(12-6-15)22-13-3-2-4-17(14-21)16-7-9-18(20)10-8-16/h5-12,17H,2-4,13-14,21H2,1H3. The summed E-state index contributed by atoms with van der Waals surface area (Å²) in [7, 11) is 0. The van der Waals surface area contributed by atoms with Gasteiger partial charge in [0, 0.05) is 0 Å². The van der Waals surface area contributed by atoms with Crippen LogP contribution in [0.1, 0.15) is 36.3 Å². The first-order valence-corrected chi connectivity index (χ1v) is 7.84. The summed E-state index contributed by atoms with van der Waals surface area (Å²) in [6, 6.07) is 14.7. The fraction of sp³-hybridized carbons (Fsp3) is 0.368. The lowest BCUT2D eigenvalue weighted by Gasteiger charge is -2.15. The SMILES string of the molecule is Cc1ccc(OCCCCC(CN)c2ccc(F)cc2)cc1. The minimum atomic E-state index is -0.203. The third-order valence-corrected chi connectivity index (χ3v) is 3.86. The number of hydrogen-bond donors (Lipinski definition) is 1. The van der Waals surface area contributed by atoms with Crippen LogP contribution in [0.5, 0.6) is 5.75 Å². The van der Waals surface area contributed by atoms with Gasteiger partial charge >= 0.3 is 0 Å². The van der Waals surface area contributed by atoms with Crippen molar-refractivity contribution in [3.63, 3.8) is 0 Å². The minimum Gasteiger partial charge on any atom is -0.494 e. The molecule has 2 rings (SSSR count). The molecule has 0 saturated heterocycles. The van der Waals surface area contributed by atoms with Gasteiger partial charge in [-0.15, -0.1) is 0 Å². The Kier molecular flexibility index (Phi) is 6.41. The first-order valence-electron chi connectivity index (χ1n) is 7.84. The fourth-order valence-corrected chi connectivity index (χ4v) is 2.47.